The molecule has 0 radical (unpaired) electrons. The third-order valence-corrected chi connectivity index (χ3v) is 2.95. The van der Waals surface area contributed by atoms with Gasteiger partial charge in [0.25, 0.3) is 0 Å². The highest BCUT2D eigenvalue weighted by atomic mass is 35.5. The number of methoxy groups -OCH3 is 1. The van der Waals surface area contributed by atoms with Crippen LogP contribution in [0, 0.1) is 0 Å². The maximum atomic E-state index is 6.09. The third kappa shape index (κ3) is 1.80. The highest BCUT2D eigenvalue weighted by molar-refractivity contribution is 6.20. The van der Waals surface area contributed by atoms with Crippen molar-refractivity contribution in [3.63, 3.8) is 0 Å². The first-order valence-corrected chi connectivity index (χ1v) is 5.03. The summed E-state index contributed by atoms with van der Waals surface area (Å²) in [6.07, 6.45) is 3.17. The Hall–Kier alpha value is -0.690. The molecule has 0 aromatic heterocycles. The van der Waals surface area contributed by atoms with Gasteiger partial charge in [-0.3, -0.25) is 0 Å². The normalized spacial score (nSPS) is 20.9. The van der Waals surface area contributed by atoms with E-state index in [1.165, 1.54) is 11.1 Å². The number of aryl methyl sites for hydroxylation is 1. The summed E-state index contributed by atoms with van der Waals surface area (Å²) >= 11 is 6.09. The zero-order valence-electron chi connectivity index (χ0n) is 7.72. The predicted octanol–water partition coefficient (Wildman–Crippen LogP) is 2.79. The number of fused-ring (bicyclic) bond motifs is 1. The van der Waals surface area contributed by atoms with Crippen LogP contribution in [0.2, 0.25) is 0 Å². The van der Waals surface area contributed by atoms with Crippen LogP contribution in [-0.4, -0.2) is 12.5 Å². The predicted molar refractivity (Wildman–Crippen MR) is 54.7 cm³/mol. The van der Waals surface area contributed by atoms with Crippen LogP contribution in [0.25, 0.3) is 0 Å². The summed E-state index contributed by atoms with van der Waals surface area (Å²) in [7, 11) is 1.70. The Morgan fingerprint density at radius 3 is 3.00 bits per heavy atom. The van der Waals surface area contributed by atoms with Crippen molar-refractivity contribution in [1.82, 2.24) is 0 Å². The van der Waals surface area contributed by atoms with Crippen molar-refractivity contribution >= 4 is 11.6 Å². The second-order valence-corrected chi connectivity index (χ2v) is 4.09. The Balaban J connectivity index is 2.31. The lowest BCUT2D eigenvalue weighted by molar-refractivity contribution is 0.413. The Morgan fingerprint density at radius 2 is 2.23 bits per heavy atom. The molecule has 0 aliphatic heterocycles. The van der Waals surface area contributed by atoms with Gasteiger partial charge in [0.2, 0.25) is 0 Å². The van der Waals surface area contributed by atoms with Gasteiger partial charge < -0.3 is 4.74 Å². The number of halogens is 1. The van der Waals surface area contributed by atoms with Crippen molar-refractivity contribution in [3.8, 4) is 5.75 Å². The number of hydrogen-bond acceptors (Lipinski definition) is 1. The van der Waals surface area contributed by atoms with E-state index in [2.05, 4.69) is 12.1 Å². The fourth-order valence-electron chi connectivity index (χ4n) is 1.81. The molecule has 0 amide bonds. The number of benzene rings is 1. The highest BCUT2D eigenvalue weighted by Gasteiger charge is 2.16. The minimum Gasteiger partial charge on any atom is -0.497 e. The van der Waals surface area contributed by atoms with Crippen molar-refractivity contribution in [2.45, 2.75) is 24.6 Å². The molecular weight excluding hydrogens is 184 g/mol. The van der Waals surface area contributed by atoms with Crippen LogP contribution in [0.1, 0.15) is 17.5 Å². The Kier molecular flexibility index (Phi) is 2.45. The van der Waals surface area contributed by atoms with E-state index in [0.717, 1.165) is 25.0 Å². The van der Waals surface area contributed by atoms with Gasteiger partial charge in [0.15, 0.2) is 0 Å². The molecule has 2 rings (SSSR count). The van der Waals surface area contributed by atoms with Crippen LogP contribution in [-0.2, 0) is 12.8 Å². The minimum atomic E-state index is 0.320. The molecule has 0 fully saturated rings. The average Bonchev–Trinajstić information content (AvgIpc) is 2.17. The third-order valence-electron chi connectivity index (χ3n) is 2.58. The molecule has 0 N–H and O–H groups in total. The van der Waals surface area contributed by atoms with E-state index < -0.39 is 0 Å². The molecule has 70 valence electrons. The summed E-state index contributed by atoms with van der Waals surface area (Å²) in [5.41, 5.74) is 2.78. The van der Waals surface area contributed by atoms with Gasteiger partial charge in [0.05, 0.1) is 7.11 Å². The van der Waals surface area contributed by atoms with Gasteiger partial charge in [-0.2, -0.15) is 0 Å². The average molecular weight is 197 g/mol. The summed E-state index contributed by atoms with van der Waals surface area (Å²) in [5, 5.41) is 0.320. The molecule has 1 aliphatic carbocycles. The maximum absolute atomic E-state index is 6.09. The van der Waals surface area contributed by atoms with Gasteiger partial charge in [-0.1, -0.05) is 6.07 Å². The lowest BCUT2D eigenvalue weighted by atomic mass is 9.91. The summed E-state index contributed by atoms with van der Waals surface area (Å²) in [6, 6.07) is 6.26. The molecule has 0 saturated carbocycles. The molecule has 2 heteroatoms. The molecule has 0 bridgehead atoms. The van der Waals surface area contributed by atoms with Crippen molar-refractivity contribution in [3.05, 3.63) is 29.3 Å². The smallest absolute Gasteiger partial charge is 0.119 e. The SMILES string of the molecule is COc1ccc2c(c1)CCC(Cl)C2. The van der Waals surface area contributed by atoms with Crippen molar-refractivity contribution in [2.75, 3.05) is 7.11 Å². The quantitative estimate of drug-likeness (QED) is 0.628. The molecule has 0 spiro atoms. The summed E-state index contributed by atoms with van der Waals surface area (Å²) < 4.78 is 5.17. The van der Waals surface area contributed by atoms with Crippen LogP contribution >= 0.6 is 11.6 Å². The standard InChI is InChI=1S/C11H13ClO/c1-13-11-5-3-8-6-10(12)4-2-9(8)7-11/h3,5,7,10H,2,4,6H2,1H3. The molecule has 1 atom stereocenters. The molecular formula is C11H13ClO. The second kappa shape index (κ2) is 3.59. The number of ether oxygens (including phenoxy) is 1. The van der Waals surface area contributed by atoms with Crippen LogP contribution in [0.3, 0.4) is 0 Å². The van der Waals surface area contributed by atoms with Gasteiger partial charge in [-0.15, -0.1) is 11.6 Å². The topological polar surface area (TPSA) is 9.23 Å². The van der Waals surface area contributed by atoms with E-state index >= 15 is 0 Å². The Bertz CT molecular complexity index is 309. The van der Waals surface area contributed by atoms with E-state index in [-0.39, 0.29) is 0 Å². The van der Waals surface area contributed by atoms with Crippen molar-refractivity contribution in [2.24, 2.45) is 0 Å². The van der Waals surface area contributed by atoms with Gasteiger partial charge in [-0.05, 0) is 42.5 Å². The Morgan fingerprint density at radius 1 is 1.38 bits per heavy atom. The van der Waals surface area contributed by atoms with Gasteiger partial charge in [0, 0.05) is 5.38 Å². The van der Waals surface area contributed by atoms with Crippen LogP contribution in [0.4, 0.5) is 0 Å². The molecule has 0 heterocycles. The first-order chi connectivity index (χ1) is 6.29. The lowest BCUT2D eigenvalue weighted by Crippen LogP contribution is -2.13. The van der Waals surface area contributed by atoms with Crippen LogP contribution < -0.4 is 4.74 Å². The summed E-state index contributed by atoms with van der Waals surface area (Å²) in [4.78, 5) is 0. The van der Waals surface area contributed by atoms with Crippen LogP contribution in [0.5, 0.6) is 5.75 Å². The fraction of sp³-hybridized carbons (Fsp3) is 0.455. The van der Waals surface area contributed by atoms with E-state index in [1.807, 2.05) is 6.07 Å². The molecule has 0 saturated heterocycles. The van der Waals surface area contributed by atoms with Crippen molar-refractivity contribution in [1.29, 1.82) is 0 Å². The van der Waals surface area contributed by atoms with Gasteiger partial charge >= 0.3 is 0 Å². The van der Waals surface area contributed by atoms with Gasteiger partial charge in [-0.25, -0.2) is 0 Å². The molecule has 1 aromatic rings. The number of hydrogen-bond donors (Lipinski definition) is 0. The minimum absolute atomic E-state index is 0.320. The maximum Gasteiger partial charge on any atom is 0.119 e. The van der Waals surface area contributed by atoms with E-state index in [0.29, 0.717) is 5.38 Å². The van der Waals surface area contributed by atoms with Crippen LogP contribution in [0.15, 0.2) is 18.2 Å². The summed E-state index contributed by atoms with van der Waals surface area (Å²) in [6.45, 7) is 0. The zero-order chi connectivity index (χ0) is 9.26. The molecule has 13 heavy (non-hydrogen) atoms. The first-order valence-electron chi connectivity index (χ1n) is 4.59. The lowest BCUT2D eigenvalue weighted by Gasteiger charge is -2.20. The fourth-order valence-corrected chi connectivity index (χ4v) is 2.09. The first kappa shape index (κ1) is 8.89. The van der Waals surface area contributed by atoms with E-state index in [1.54, 1.807) is 7.11 Å². The monoisotopic (exact) mass is 196 g/mol. The largest absolute Gasteiger partial charge is 0.497 e. The van der Waals surface area contributed by atoms with Crippen molar-refractivity contribution < 1.29 is 4.74 Å². The highest BCUT2D eigenvalue weighted by Crippen LogP contribution is 2.27. The molecule has 1 unspecified atom stereocenters. The van der Waals surface area contributed by atoms with Gasteiger partial charge in [0.1, 0.15) is 5.75 Å². The molecule has 1 aliphatic rings. The second-order valence-electron chi connectivity index (χ2n) is 3.47. The Labute approximate surface area is 83.7 Å². The number of rotatable bonds is 1. The molecule has 1 nitrogen and oxygen atoms in total. The van der Waals surface area contributed by atoms with E-state index in [4.69, 9.17) is 16.3 Å². The summed E-state index contributed by atoms with van der Waals surface area (Å²) in [5.74, 6) is 0.951. The van der Waals surface area contributed by atoms with E-state index in [9.17, 15) is 0 Å². The number of alkyl halides is 1. The zero-order valence-corrected chi connectivity index (χ0v) is 8.47. The molecule has 1 aromatic carbocycles.